The van der Waals surface area contributed by atoms with Crippen LogP contribution in [0.1, 0.15) is 11.1 Å². The predicted molar refractivity (Wildman–Crippen MR) is 68.3 cm³/mol. The Balaban J connectivity index is 2.18. The highest BCUT2D eigenvalue weighted by atomic mass is 15.5. The van der Waals surface area contributed by atoms with Crippen molar-refractivity contribution < 1.29 is 0 Å². The maximum Gasteiger partial charge on any atom is 0.113 e. The van der Waals surface area contributed by atoms with Gasteiger partial charge in [0, 0.05) is 0 Å². The van der Waals surface area contributed by atoms with Crippen molar-refractivity contribution in [1.29, 1.82) is 0 Å². The van der Waals surface area contributed by atoms with Crippen molar-refractivity contribution in [1.82, 2.24) is 15.0 Å². The van der Waals surface area contributed by atoms with Gasteiger partial charge in [0.15, 0.2) is 0 Å². The zero-order chi connectivity index (χ0) is 11.8. The van der Waals surface area contributed by atoms with Crippen LogP contribution in [-0.2, 0) is 0 Å². The van der Waals surface area contributed by atoms with Crippen molar-refractivity contribution in [2.45, 2.75) is 13.8 Å². The van der Waals surface area contributed by atoms with Gasteiger partial charge in [0.1, 0.15) is 11.0 Å². The molecule has 3 nitrogen and oxygen atoms in total. The van der Waals surface area contributed by atoms with Gasteiger partial charge in [-0.3, -0.25) is 0 Å². The van der Waals surface area contributed by atoms with E-state index < -0.39 is 0 Å². The summed E-state index contributed by atoms with van der Waals surface area (Å²) in [7, 11) is 0. The third-order valence-electron chi connectivity index (χ3n) is 2.77. The van der Waals surface area contributed by atoms with Gasteiger partial charge in [0.05, 0.1) is 5.69 Å². The van der Waals surface area contributed by atoms with Crippen LogP contribution in [0.2, 0.25) is 0 Å². The largest absolute Gasteiger partial charge is 0.150 e. The molecular formula is C14H13N3. The predicted octanol–water partition coefficient (Wildman–Crippen LogP) is 3.04. The van der Waals surface area contributed by atoms with Crippen LogP contribution in [-0.4, -0.2) is 15.0 Å². The molecular weight excluding hydrogens is 210 g/mol. The van der Waals surface area contributed by atoms with Crippen molar-refractivity contribution in [3.63, 3.8) is 0 Å². The molecule has 0 unspecified atom stereocenters. The minimum absolute atomic E-state index is 0.928. The Labute approximate surface area is 99.7 Å². The van der Waals surface area contributed by atoms with E-state index in [0.717, 1.165) is 16.7 Å². The molecule has 84 valence electrons. The first-order valence-corrected chi connectivity index (χ1v) is 5.63. The van der Waals surface area contributed by atoms with Crippen molar-refractivity contribution in [2.75, 3.05) is 0 Å². The molecule has 0 N–H and O–H groups in total. The van der Waals surface area contributed by atoms with Crippen LogP contribution in [0.5, 0.6) is 0 Å². The van der Waals surface area contributed by atoms with Gasteiger partial charge in [0.2, 0.25) is 0 Å². The highest BCUT2D eigenvalue weighted by Gasteiger charge is 2.04. The zero-order valence-electron chi connectivity index (χ0n) is 9.88. The van der Waals surface area contributed by atoms with Crippen LogP contribution in [0.4, 0.5) is 0 Å². The van der Waals surface area contributed by atoms with Crippen molar-refractivity contribution >= 4 is 11.0 Å². The van der Waals surface area contributed by atoms with E-state index in [-0.39, 0.29) is 0 Å². The number of aromatic nitrogens is 3. The van der Waals surface area contributed by atoms with Crippen LogP contribution in [0.25, 0.3) is 16.7 Å². The number of hydrogen-bond donors (Lipinski definition) is 0. The number of rotatable bonds is 1. The summed E-state index contributed by atoms with van der Waals surface area (Å²) in [5.41, 5.74) is 5.27. The first-order chi connectivity index (χ1) is 8.22. The average molecular weight is 223 g/mol. The average Bonchev–Trinajstić information content (AvgIpc) is 2.72. The summed E-state index contributed by atoms with van der Waals surface area (Å²) in [5.74, 6) is 0. The summed E-state index contributed by atoms with van der Waals surface area (Å²) in [6.07, 6.45) is 0. The van der Waals surface area contributed by atoms with Gasteiger partial charge >= 0.3 is 0 Å². The summed E-state index contributed by atoms with van der Waals surface area (Å²) in [6.45, 7) is 4.13. The minimum Gasteiger partial charge on any atom is -0.150 e. The molecule has 0 saturated carbocycles. The summed E-state index contributed by atoms with van der Waals surface area (Å²) >= 11 is 0. The van der Waals surface area contributed by atoms with Crippen molar-refractivity contribution in [3.8, 4) is 5.69 Å². The fourth-order valence-corrected chi connectivity index (χ4v) is 1.89. The number of hydrogen-bond acceptors (Lipinski definition) is 2. The topological polar surface area (TPSA) is 30.7 Å². The van der Waals surface area contributed by atoms with Gasteiger partial charge < -0.3 is 0 Å². The van der Waals surface area contributed by atoms with E-state index in [4.69, 9.17) is 0 Å². The molecule has 0 aliphatic carbocycles. The second-order valence-electron chi connectivity index (χ2n) is 4.32. The van der Waals surface area contributed by atoms with Crippen molar-refractivity contribution in [2.24, 2.45) is 0 Å². The second kappa shape index (κ2) is 3.70. The Kier molecular flexibility index (Phi) is 2.18. The van der Waals surface area contributed by atoms with Gasteiger partial charge in [0.25, 0.3) is 0 Å². The van der Waals surface area contributed by atoms with Crippen LogP contribution in [0, 0.1) is 13.8 Å². The number of aryl methyl sites for hydroxylation is 2. The molecule has 1 aromatic heterocycles. The Morgan fingerprint density at radius 1 is 0.824 bits per heavy atom. The molecule has 3 aromatic rings. The molecule has 0 spiro atoms. The van der Waals surface area contributed by atoms with Crippen LogP contribution < -0.4 is 0 Å². The zero-order valence-corrected chi connectivity index (χ0v) is 9.88. The molecule has 0 radical (unpaired) electrons. The Hall–Kier alpha value is -2.16. The van der Waals surface area contributed by atoms with E-state index >= 15 is 0 Å². The van der Waals surface area contributed by atoms with Gasteiger partial charge in [-0.25, -0.2) is 0 Å². The lowest BCUT2D eigenvalue weighted by Crippen LogP contribution is -1.98. The third-order valence-corrected chi connectivity index (χ3v) is 2.77. The molecule has 3 heteroatoms. The molecule has 1 heterocycles. The summed E-state index contributed by atoms with van der Waals surface area (Å²) in [6, 6.07) is 14.3. The van der Waals surface area contributed by atoms with Gasteiger partial charge in [-0.1, -0.05) is 18.2 Å². The molecule has 0 amide bonds. The van der Waals surface area contributed by atoms with Crippen LogP contribution in [0.15, 0.2) is 42.5 Å². The Bertz CT molecular complexity index is 683. The molecule has 2 aromatic carbocycles. The van der Waals surface area contributed by atoms with Gasteiger partial charge in [-0.05, 0) is 49.2 Å². The van der Waals surface area contributed by atoms with E-state index in [0.29, 0.717) is 0 Å². The van der Waals surface area contributed by atoms with Crippen LogP contribution >= 0.6 is 0 Å². The highest BCUT2D eigenvalue weighted by Crippen LogP contribution is 2.14. The molecule has 0 bridgehead atoms. The monoisotopic (exact) mass is 223 g/mol. The summed E-state index contributed by atoms with van der Waals surface area (Å²) < 4.78 is 0. The van der Waals surface area contributed by atoms with Crippen LogP contribution in [0.3, 0.4) is 0 Å². The molecule has 0 atom stereocenters. The lowest BCUT2D eigenvalue weighted by atomic mass is 10.2. The number of nitrogens with zero attached hydrogens (tertiary/aromatic N) is 3. The molecule has 0 aliphatic heterocycles. The van der Waals surface area contributed by atoms with E-state index in [1.54, 1.807) is 4.80 Å². The summed E-state index contributed by atoms with van der Waals surface area (Å²) in [5, 5.41) is 8.96. The maximum atomic E-state index is 4.49. The molecule has 0 saturated heterocycles. The Morgan fingerprint density at radius 3 is 2.41 bits per heavy atom. The van der Waals surface area contributed by atoms with E-state index in [1.165, 1.54) is 11.1 Å². The normalized spacial score (nSPS) is 10.9. The van der Waals surface area contributed by atoms with Gasteiger partial charge in [-0.15, -0.1) is 10.2 Å². The number of fused-ring (bicyclic) bond motifs is 1. The highest BCUT2D eigenvalue weighted by molar-refractivity contribution is 5.74. The molecule has 3 rings (SSSR count). The maximum absolute atomic E-state index is 4.49. The number of benzene rings is 2. The quantitative estimate of drug-likeness (QED) is 0.634. The van der Waals surface area contributed by atoms with Gasteiger partial charge in [-0.2, -0.15) is 4.80 Å². The van der Waals surface area contributed by atoms with E-state index in [1.807, 2.05) is 18.2 Å². The standard InChI is InChI=1S/C14H13N3/c1-10-4-3-5-12(8-10)17-15-13-7-6-11(2)9-14(13)16-17/h3-9H,1-2H3. The van der Waals surface area contributed by atoms with Crippen molar-refractivity contribution in [3.05, 3.63) is 53.6 Å². The first-order valence-electron chi connectivity index (χ1n) is 5.63. The SMILES string of the molecule is Cc1cccc(-n2nc3ccc(C)cc3n2)c1. The molecule has 17 heavy (non-hydrogen) atoms. The fraction of sp³-hybridized carbons (Fsp3) is 0.143. The van der Waals surface area contributed by atoms with E-state index in [2.05, 4.69) is 48.3 Å². The second-order valence-corrected chi connectivity index (χ2v) is 4.32. The minimum atomic E-state index is 0.928. The smallest absolute Gasteiger partial charge is 0.113 e. The lowest BCUT2D eigenvalue weighted by molar-refractivity contribution is 0.765. The molecule has 0 aliphatic rings. The van der Waals surface area contributed by atoms with E-state index in [9.17, 15) is 0 Å². The Morgan fingerprint density at radius 2 is 1.59 bits per heavy atom. The lowest BCUT2D eigenvalue weighted by Gasteiger charge is -1.99. The summed E-state index contributed by atoms with van der Waals surface area (Å²) in [4.78, 5) is 1.69. The molecule has 0 fully saturated rings. The first kappa shape index (κ1) is 10.0. The third kappa shape index (κ3) is 1.80. The fourth-order valence-electron chi connectivity index (χ4n) is 1.89.